The van der Waals surface area contributed by atoms with Gasteiger partial charge in [-0.1, -0.05) is 290 Å². The third-order valence-electron chi connectivity index (χ3n) is 13.7. The topological polar surface area (TPSA) is 95.9 Å². The first-order valence-electron chi connectivity index (χ1n) is 28.8. The van der Waals surface area contributed by atoms with Gasteiger partial charge in [0, 0.05) is 12.8 Å². The maximum atomic E-state index is 12.4. The van der Waals surface area contributed by atoms with Gasteiger partial charge in [0.2, 0.25) is 5.91 Å². The largest absolute Gasteiger partial charge is 0.466 e. The summed E-state index contributed by atoms with van der Waals surface area (Å²) >= 11 is 0. The summed E-state index contributed by atoms with van der Waals surface area (Å²) in [5.41, 5.74) is 0. The van der Waals surface area contributed by atoms with Gasteiger partial charge in [0.1, 0.15) is 0 Å². The van der Waals surface area contributed by atoms with Crippen LogP contribution in [0.5, 0.6) is 0 Å². The third kappa shape index (κ3) is 50.1. The van der Waals surface area contributed by atoms with Crippen LogP contribution in [-0.4, -0.2) is 47.4 Å². The Morgan fingerprint density at radius 3 is 0.968 bits per heavy atom. The predicted molar refractivity (Wildman–Crippen MR) is 274 cm³/mol. The number of aliphatic hydroxyl groups is 2. The molecule has 0 aromatic rings. The average Bonchev–Trinajstić information content (AvgIpc) is 3.28. The molecular weight excluding hydrogens is 779 g/mol. The van der Waals surface area contributed by atoms with E-state index in [0.717, 1.165) is 38.5 Å². The quantitative estimate of drug-likeness (QED) is 0.0418. The molecule has 3 N–H and O–H groups in total. The van der Waals surface area contributed by atoms with Crippen LogP contribution in [0.15, 0.2) is 0 Å². The number of ether oxygens (including phenoxy) is 1. The van der Waals surface area contributed by atoms with Crippen LogP contribution in [0.4, 0.5) is 0 Å². The van der Waals surface area contributed by atoms with Gasteiger partial charge in [-0.05, 0) is 25.7 Å². The zero-order valence-electron chi connectivity index (χ0n) is 42.8. The molecule has 0 radical (unpaired) electrons. The lowest BCUT2D eigenvalue weighted by Crippen LogP contribution is -2.45. The van der Waals surface area contributed by atoms with E-state index >= 15 is 0 Å². The summed E-state index contributed by atoms with van der Waals surface area (Å²) in [6.07, 6.45) is 61.0. The number of carbonyl (C=O) groups is 2. The van der Waals surface area contributed by atoms with Crippen molar-refractivity contribution in [2.24, 2.45) is 0 Å². The third-order valence-corrected chi connectivity index (χ3v) is 13.7. The molecule has 6 heteroatoms. The Labute approximate surface area is 394 Å². The number of hydrogen-bond acceptors (Lipinski definition) is 5. The van der Waals surface area contributed by atoms with Crippen LogP contribution in [0, 0.1) is 0 Å². The molecule has 2 atom stereocenters. The summed E-state index contributed by atoms with van der Waals surface area (Å²) < 4.78 is 5.48. The molecule has 0 aromatic heterocycles. The number of unbranched alkanes of at least 4 members (excludes halogenated alkanes) is 43. The standard InChI is InChI=1S/C57H113NO5/c1-3-5-7-9-11-13-15-16-27-31-35-39-43-47-51-57(62)63-52-48-44-40-36-32-28-25-23-21-19-17-18-20-22-24-26-30-34-38-42-46-50-56(61)58-54(53-59)55(60)49-45-41-37-33-29-14-12-10-8-6-4-2/h54-55,59-60H,3-53H2,1-2H3,(H,58,61). The molecule has 0 aromatic carbocycles. The summed E-state index contributed by atoms with van der Waals surface area (Å²) in [5.74, 6) is -0.0203. The van der Waals surface area contributed by atoms with Crippen LogP contribution in [0.3, 0.4) is 0 Å². The highest BCUT2D eigenvalue weighted by atomic mass is 16.5. The van der Waals surface area contributed by atoms with Gasteiger partial charge in [-0.25, -0.2) is 0 Å². The molecule has 6 nitrogen and oxygen atoms in total. The number of aliphatic hydroxyl groups excluding tert-OH is 2. The smallest absolute Gasteiger partial charge is 0.305 e. The lowest BCUT2D eigenvalue weighted by Gasteiger charge is -2.22. The number of esters is 1. The first kappa shape index (κ1) is 61.9. The Morgan fingerprint density at radius 1 is 0.381 bits per heavy atom. The summed E-state index contributed by atoms with van der Waals surface area (Å²) in [7, 11) is 0. The van der Waals surface area contributed by atoms with Gasteiger partial charge >= 0.3 is 5.97 Å². The Balaban J connectivity index is 3.34. The summed E-state index contributed by atoms with van der Waals surface area (Å²) in [6, 6.07) is -0.539. The van der Waals surface area contributed by atoms with Crippen LogP contribution >= 0.6 is 0 Å². The summed E-state index contributed by atoms with van der Waals surface area (Å²) in [6.45, 7) is 4.96. The van der Waals surface area contributed by atoms with Crippen molar-refractivity contribution in [3.05, 3.63) is 0 Å². The van der Waals surface area contributed by atoms with Crippen LogP contribution < -0.4 is 5.32 Å². The maximum absolute atomic E-state index is 12.4. The van der Waals surface area contributed by atoms with Crippen molar-refractivity contribution in [3.8, 4) is 0 Å². The molecular formula is C57H113NO5. The lowest BCUT2D eigenvalue weighted by molar-refractivity contribution is -0.143. The van der Waals surface area contributed by atoms with E-state index in [4.69, 9.17) is 4.74 Å². The van der Waals surface area contributed by atoms with E-state index in [0.29, 0.717) is 25.9 Å². The van der Waals surface area contributed by atoms with Crippen molar-refractivity contribution >= 4 is 11.9 Å². The van der Waals surface area contributed by atoms with E-state index in [9.17, 15) is 19.8 Å². The van der Waals surface area contributed by atoms with Crippen molar-refractivity contribution in [1.29, 1.82) is 0 Å². The molecule has 0 heterocycles. The molecule has 376 valence electrons. The zero-order valence-corrected chi connectivity index (χ0v) is 42.8. The minimum absolute atomic E-state index is 0.0149. The Morgan fingerprint density at radius 2 is 0.651 bits per heavy atom. The SMILES string of the molecule is CCCCCCCCCCCCCCCCC(=O)OCCCCCCCCCCCCCCCCCCCCCCCC(=O)NC(CO)C(O)CCCCCCCCCCCCC. The highest BCUT2D eigenvalue weighted by Crippen LogP contribution is 2.18. The van der Waals surface area contributed by atoms with Gasteiger partial charge in [-0.2, -0.15) is 0 Å². The van der Waals surface area contributed by atoms with Gasteiger partial charge in [0.15, 0.2) is 0 Å². The van der Waals surface area contributed by atoms with Crippen molar-refractivity contribution in [2.45, 2.75) is 341 Å². The second-order valence-electron chi connectivity index (χ2n) is 20.0. The van der Waals surface area contributed by atoms with Crippen LogP contribution in [0.1, 0.15) is 328 Å². The highest BCUT2D eigenvalue weighted by Gasteiger charge is 2.20. The molecule has 0 saturated heterocycles. The van der Waals surface area contributed by atoms with E-state index in [2.05, 4.69) is 19.2 Å². The van der Waals surface area contributed by atoms with Gasteiger partial charge in [0.25, 0.3) is 0 Å². The lowest BCUT2D eigenvalue weighted by atomic mass is 10.0. The number of carbonyl (C=O) groups excluding carboxylic acids is 2. The van der Waals surface area contributed by atoms with Gasteiger partial charge in [-0.3, -0.25) is 9.59 Å². The Bertz CT molecular complexity index is 898. The van der Waals surface area contributed by atoms with Crippen molar-refractivity contribution in [2.75, 3.05) is 13.2 Å². The van der Waals surface area contributed by atoms with E-state index < -0.39 is 12.1 Å². The first-order chi connectivity index (χ1) is 31.0. The molecule has 0 spiro atoms. The monoisotopic (exact) mass is 892 g/mol. The number of nitrogens with one attached hydrogen (secondary N) is 1. The van der Waals surface area contributed by atoms with Gasteiger partial charge in [-0.15, -0.1) is 0 Å². The van der Waals surface area contributed by atoms with Crippen molar-refractivity contribution in [3.63, 3.8) is 0 Å². The summed E-state index contributed by atoms with van der Waals surface area (Å²) in [5, 5.41) is 23.2. The number of amides is 1. The second-order valence-corrected chi connectivity index (χ2v) is 20.0. The Kier molecular flexibility index (Phi) is 52.5. The van der Waals surface area contributed by atoms with E-state index in [1.54, 1.807) is 0 Å². The van der Waals surface area contributed by atoms with E-state index in [1.807, 2.05) is 0 Å². The molecule has 0 aliphatic heterocycles. The fraction of sp³-hybridized carbons (Fsp3) is 0.965. The molecule has 0 aliphatic rings. The molecule has 1 amide bonds. The van der Waals surface area contributed by atoms with Gasteiger partial charge in [0.05, 0.1) is 25.4 Å². The average molecular weight is 893 g/mol. The molecule has 0 fully saturated rings. The number of rotatable bonds is 54. The van der Waals surface area contributed by atoms with Crippen LogP contribution in [0.2, 0.25) is 0 Å². The molecule has 2 unspecified atom stereocenters. The normalized spacial score (nSPS) is 12.5. The zero-order chi connectivity index (χ0) is 45.8. The van der Waals surface area contributed by atoms with E-state index in [1.165, 1.54) is 257 Å². The van der Waals surface area contributed by atoms with Crippen molar-refractivity contribution in [1.82, 2.24) is 5.32 Å². The van der Waals surface area contributed by atoms with Crippen LogP contribution in [-0.2, 0) is 14.3 Å². The molecule has 0 bridgehead atoms. The maximum Gasteiger partial charge on any atom is 0.305 e. The number of hydrogen-bond donors (Lipinski definition) is 3. The molecule has 0 rings (SSSR count). The first-order valence-corrected chi connectivity index (χ1v) is 28.8. The minimum atomic E-state index is -0.662. The van der Waals surface area contributed by atoms with Crippen LogP contribution in [0.25, 0.3) is 0 Å². The fourth-order valence-corrected chi connectivity index (χ4v) is 9.23. The van der Waals surface area contributed by atoms with Crippen molar-refractivity contribution < 1.29 is 24.5 Å². The van der Waals surface area contributed by atoms with Gasteiger partial charge < -0.3 is 20.3 Å². The molecule has 0 saturated carbocycles. The summed E-state index contributed by atoms with van der Waals surface area (Å²) in [4.78, 5) is 24.5. The fourth-order valence-electron chi connectivity index (χ4n) is 9.23. The molecule has 63 heavy (non-hydrogen) atoms. The predicted octanol–water partition coefficient (Wildman–Crippen LogP) is 17.5. The highest BCUT2D eigenvalue weighted by molar-refractivity contribution is 5.76. The molecule has 0 aliphatic carbocycles. The Hall–Kier alpha value is -1.14. The minimum Gasteiger partial charge on any atom is -0.466 e. The second kappa shape index (κ2) is 53.5. The van der Waals surface area contributed by atoms with E-state index in [-0.39, 0.29) is 18.5 Å².